The third-order valence-corrected chi connectivity index (χ3v) is 5.72. The van der Waals surface area contributed by atoms with Crippen LogP contribution in [0.5, 0.6) is 0 Å². The molecule has 2 rings (SSSR count). The van der Waals surface area contributed by atoms with E-state index in [1.54, 1.807) is 12.1 Å². The fourth-order valence-corrected chi connectivity index (χ4v) is 4.47. The van der Waals surface area contributed by atoms with Gasteiger partial charge >= 0.3 is 0 Å². The second-order valence-corrected chi connectivity index (χ2v) is 7.96. The summed E-state index contributed by atoms with van der Waals surface area (Å²) in [4.78, 5) is 1.88. The van der Waals surface area contributed by atoms with E-state index >= 15 is 0 Å². The third kappa shape index (κ3) is 3.06. The van der Waals surface area contributed by atoms with E-state index in [-0.39, 0.29) is 23.4 Å². The van der Waals surface area contributed by atoms with Crippen LogP contribution in [0.1, 0.15) is 12.0 Å². The first-order valence-electron chi connectivity index (χ1n) is 6.05. The molecule has 20 heavy (non-hydrogen) atoms. The van der Waals surface area contributed by atoms with Crippen molar-refractivity contribution in [3.8, 4) is 0 Å². The van der Waals surface area contributed by atoms with Crippen molar-refractivity contribution in [1.82, 2.24) is 0 Å². The van der Waals surface area contributed by atoms with Crippen LogP contribution in [0.25, 0.3) is 0 Å². The molecule has 8 heteroatoms. The Kier molecular flexibility index (Phi) is 4.24. The molecule has 1 aliphatic rings. The average Bonchev–Trinajstić information content (AvgIpc) is 2.77. The van der Waals surface area contributed by atoms with Crippen LogP contribution in [0.2, 0.25) is 0 Å². The standard InChI is InChI=1S/C12H16BrN3O3S/c1-16(9-4-5-20(18,19)7-9)11-6-8(13)2-3-10(11)12(14)15-17/h2-3,6,9,17H,4-5,7H2,1H3,(H2,14,15). The van der Waals surface area contributed by atoms with Crippen molar-refractivity contribution >= 4 is 37.3 Å². The Morgan fingerprint density at radius 1 is 1.55 bits per heavy atom. The molecule has 1 saturated heterocycles. The van der Waals surface area contributed by atoms with Gasteiger partial charge in [-0.3, -0.25) is 0 Å². The number of sulfone groups is 1. The first-order chi connectivity index (χ1) is 9.34. The molecule has 1 aliphatic heterocycles. The molecule has 1 heterocycles. The van der Waals surface area contributed by atoms with Crippen molar-refractivity contribution in [2.24, 2.45) is 10.9 Å². The molecule has 0 bridgehead atoms. The van der Waals surface area contributed by atoms with Gasteiger partial charge in [-0.1, -0.05) is 21.1 Å². The molecule has 1 atom stereocenters. The van der Waals surface area contributed by atoms with Crippen molar-refractivity contribution in [3.05, 3.63) is 28.2 Å². The Hall–Kier alpha value is -1.28. The van der Waals surface area contributed by atoms with Gasteiger partial charge in [-0.25, -0.2) is 8.42 Å². The van der Waals surface area contributed by atoms with Gasteiger partial charge < -0.3 is 15.8 Å². The Labute approximate surface area is 126 Å². The van der Waals surface area contributed by atoms with Gasteiger partial charge in [0.25, 0.3) is 0 Å². The molecule has 1 unspecified atom stereocenters. The minimum Gasteiger partial charge on any atom is -0.409 e. The molecule has 1 fully saturated rings. The molecular weight excluding hydrogens is 346 g/mol. The molecule has 110 valence electrons. The zero-order chi connectivity index (χ0) is 14.9. The molecule has 0 radical (unpaired) electrons. The number of halogens is 1. The van der Waals surface area contributed by atoms with Crippen LogP contribution in [-0.4, -0.2) is 44.1 Å². The van der Waals surface area contributed by atoms with Crippen LogP contribution in [-0.2, 0) is 9.84 Å². The highest BCUT2D eigenvalue weighted by Crippen LogP contribution is 2.29. The van der Waals surface area contributed by atoms with Gasteiger partial charge in [-0.15, -0.1) is 0 Å². The van der Waals surface area contributed by atoms with Crippen molar-refractivity contribution < 1.29 is 13.6 Å². The summed E-state index contributed by atoms with van der Waals surface area (Å²) in [6, 6.07) is 5.25. The summed E-state index contributed by atoms with van der Waals surface area (Å²) in [6.07, 6.45) is 0.584. The van der Waals surface area contributed by atoms with E-state index in [1.165, 1.54) is 0 Å². The number of benzene rings is 1. The summed E-state index contributed by atoms with van der Waals surface area (Å²) in [5.74, 6) is 0.334. The Morgan fingerprint density at radius 3 is 2.80 bits per heavy atom. The maximum absolute atomic E-state index is 11.6. The Balaban J connectivity index is 2.39. The van der Waals surface area contributed by atoms with Gasteiger partial charge in [0, 0.05) is 28.8 Å². The van der Waals surface area contributed by atoms with Gasteiger partial charge in [-0.05, 0) is 24.6 Å². The number of rotatable bonds is 3. The molecule has 6 nitrogen and oxygen atoms in total. The zero-order valence-electron chi connectivity index (χ0n) is 11.0. The SMILES string of the molecule is CN(c1cc(Br)ccc1/C(N)=N/O)C1CCS(=O)(=O)C1. The fraction of sp³-hybridized carbons (Fsp3) is 0.417. The van der Waals surface area contributed by atoms with Crippen molar-refractivity contribution in [3.63, 3.8) is 0 Å². The predicted octanol–water partition coefficient (Wildman–Crippen LogP) is 1.17. The second kappa shape index (κ2) is 5.61. The average molecular weight is 362 g/mol. The lowest BCUT2D eigenvalue weighted by Gasteiger charge is -2.27. The van der Waals surface area contributed by atoms with Gasteiger partial charge in [0.05, 0.1) is 11.5 Å². The zero-order valence-corrected chi connectivity index (χ0v) is 13.4. The summed E-state index contributed by atoms with van der Waals surface area (Å²) >= 11 is 3.38. The number of anilines is 1. The number of hydrogen-bond acceptors (Lipinski definition) is 5. The van der Waals surface area contributed by atoms with Crippen LogP contribution >= 0.6 is 15.9 Å². The van der Waals surface area contributed by atoms with Crippen molar-refractivity contribution in [1.29, 1.82) is 0 Å². The van der Waals surface area contributed by atoms with Gasteiger partial charge in [0.1, 0.15) is 0 Å². The molecule has 1 aromatic carbocycles. The molecule has 0 aliphatic carbocycles. The van der Waals surface area contributed by atoms with Crippen LogP contribution in [0.3, 0.4) is 0 Å². The quantitative estimate of drug-likeness (QED) is 0.364. The Morgan fingerprint density at radius 2 is 2.25 bits per heavy atom. The molecular formula is C12H16BrN3O3S. The lowest BCUT2D eigenvalue weighted by Crippen LogP contribution is -2.34. The predicted molar refractivity (Wildman–Crippen MR) is 82.1 cm³/mol. The number of nitrogens with two attached hydrogens (primary N) is 1. The molecule has 0 aromatic heterocycles. The van der Waals surface area contributed by atoms with E-state index in [2.05, 4.69) is 21.1 Å². The highest BCUT2D eigenvalue weighted by molar-refractivity contribution is 9.10. The molecule has 3 N–H and O–H groups in total. The minimum atomic E-state index is -2.96. The van der Waals surface area contributed by atoms with E-state index in [4.69, 9.17) is 10.9 Å². The van der Waals surface area contributed by atoms with Gasteiger partial charge in [0.2, 0.25) is 0 Å². The summed E-state index contributed by atoms with van der Waals surface area (Å²) in [5, 5.41) is 11.9. The lowest BCUT2D eigenvalue weighted by atomic mass is 10.1. The fourth-order valence-electron chi connectivity index (χ4n) is 2.34. The van der Waals surface area contributed by atoms with Crippen LogP contribution in [0.4, 0.5) is 5.69 Å². The van der Waals surface area contributed by atoms with Gasteiger partial charge in [0.15, 0.2) is 15.7 Å². The molecule has 1 aromatic rings. The smallest absolute Gasteiger partial charge is 0.172 e. The normalized spacial score (nSPS) is 21.9. The topological polar surface area (TPSA) is 96.0 Å². The first kappa shape index (κ1) is 15.1. The maximum atomic E-state index is 11.6. The van der Waals surface area contributed by atoms with E-state index < -0.39 is 9.84 Å². The monoisotopic (exact) mass is 361 g/mol. The highest BCUT2D eigenvalue weighted by Gasteiger charge is 2.31. The number of hydrogen-bond donors (Lipinski definition) is 2. The summed E-state index contributed by atoms with van der Waals surface area (Å²) < 4.78 is 24.0. The summed E-state index contributed by atoms with van der Waals surface area (Å²) in [5.41, 5.74) is 6.98. The van der Waals surface area contributed by atoms with E-state index in [1.807, 2.05) is 18.0 Å². The van der Waals surface area contributed by atoms with Crippen LogP contribution in [0, 0.1) is 0 Å². The lowest BCUT2D eigenvalue weighted by molar-refractivity contribution is 0.318. The van der Waals surface area contributed by atoms with Crippen molar-refractivity contribution in [2.45, 2.75) is 12.5 Å². The van der Waals surface area contributed by atoms with E-state index in [9.17, 15) is 8.42 Å². The first-order valence-corrected chi connectivity index (χ1v) is 8.66. The summed E-state index contributed by atoms with van der Waals surface area (Å²) in [7, 11) is -1.14. The highest BCUT2D eigenvalue weighted by atomic mass is 79.9. The van der Waals surface area contributed by atoms with Crippen LogP contribution in [0.15, 0.2) is 27.8 Å². The molecule has 0 spiro atoms. The molecule has 0 saturated carbocycles. The van der Waals surface area contributed by atoms with Crippen molar-refractivity contribution in [2.75, 3.05) is 23.5 Å². The van der Waals surface area contributed by atoms with Crippen LogP contribution < -0.4 is 10.6 Å². The number of amidine groups is 1. The summed E-state index contributed by atoms with van der Waals surface area (Å²) in [6.45, 7) is 0. The number of nitrogens with zero attached hydrogens (tertiary/aromatic N) is 2. The maximum Gasteiger partial charge on any atom is 0.172 e. The van der Waals surface area contributed by atoms with Gasteiger partial charge in [-0.2, -0.15) is 0 Å². The number of oxime groups is 1. The third-order valence-electron chi connectivity index (χ3n) is 3.48. The largest absolute Gasteiger partial charge is 0.409 e. The molecule has 0 amide bonds. The minimum absolute atomic E-state index is 0.000189. The van der Waals surface area contributed by atoms with E-state index in [0.29, 0.717) is 12.0 Å². The Bertz CT molecular complexity index is 645. The second-order valence-electron chi connectivity index (χ2n) is 4.81. The van der Waals surface area contributed by atoms with E-state index in [0.717, 1.165) is 10.2 Å².